The van der Waals surface area contributed by atoms with Gasteiger partial charge in [0.25, 0.3) is 0 Å². The van der Waals surface area contributed by atoms with Gasteiger partial charge in [-0.15, -0.1) is 0 Å². The third-order valence-electron chi connectivity index (χ3n) is 9.06. The molecule has 3 aliphatic rings. The summed E-state index contributed by atoms with van der Waals surface area (Å²) in [4.78, 5) is 22.1. The quantitative estimate of drug-likeness (QED) is 0.615. The Bertz CT molecular complexity index is 1190. The summed E-state index contributed by atoms with van der Waals surface area (Å²) in [7, 11) is -3.51. The Kier molecular flexibility index (Phi) is 5.92. The van der Waals surface area contributed by atoms with E-state index in [1.54, 1.807) is 4.31 Å². The molecule has 34 heavy (non-hydrogen) atoms. The standard InChI is InChI=1S/C27H35N3O3S/c1-19-28-17-22(15-20-7-5-4-6-8-20)25(29-19)21-10-13-30(14-11-21)34(32,33)18-27-12-9-23(16-24(27)31)26(27,2)3/h4-8,17,21,23H,9-16,18H2,1-3H3/t23-,27-/m1/s1. The molecule has 7 heteroatoms. The van der Waals surface area contributed by atoms with Crippen LogP contribution in [0, 0.1) is 23.7 Å². The molecule has 0 unspecified atom stereocenters. The minimum absolute atomic E-state index is 0.0289. The fourth-order valence-corrected chi connectivity index (χ4v) is 8.99. The highest BCUT2D eigenvalue weighted by Crippen LogP contribution is 2.64. The minimum Gasteiger partial charge on any atom is -0.299 e. The van der Waals surface area contributed by atoms with Crippen molar-refractivity contribution in [2.45, 2.75) is 65.2 Å². The molecule has 0 N–H and O–H groups in total. The normalized spacial score (nSPS) is 27.4. The molecule has 0 spiro atoms. The van der Waals surface area contributed by atoms with E-state index in [-0.39, 0.29) is 22.9 Å². The minimum atomic E-state index is -3.51. The van der Waals surface area contributed by atoms with Crippen LogP contribution >= 0.6 is 0 Å². The number of hydrogen-bond donors (Lipinski definition) is 0. The van der Waals surface area contributed by atoms with Gasteiger partial charge in [-0.05, 0) is 55.1 Å². The molecule has 2 saturated carbocycles. The lowest BCUT2D eigenvalue weighted by molar-refractivity contribution is -0.128. The molecule has 0 amide bonds. The van der Waals surface area contributed by atoms with Gasteiger partial charge in [0.2, 0.25) is 10.0 Å². The monoisotopic (exact) mass is 481 g/mol. The van der Waals surface area contributed by atoms with Crippen LogP contribution < -0.4 is 0 Å². The van der Waals surface area contributed by atoms with E-state index in [4.69, 9.17) is 4.98 Å². The SMILES string of the molecule is Cc1ncc(Cc2ccccc2)c(C2CCN(S(=O)(=O)C[C@]34CC[C@H](CC3=O)C4(C)C)CC2)n1. The lowest BCUT2D eigenvalue weighted by Gasteiger charge is -2.39. The molecule has 6 nitrogen and oxygen atoms in total. The fourth-order valence-electron chi connectivity index (χ4n) is 6.74. The highest BCUT2D eigenvalue weighted by molar-refractivity contribution is 7.89. The first-order valence-electron chi connectivity index (χ1n) is 12.5. The second kappa shape index (κ2) is 8.52. The Labute approximate surface area is 203 Å². The van der Waals surface area contributed by atoms with Gasteiger partial charge < -0.3 is 0 Å². The molecule has 2 heterocycles. The molecular formula is C27H35N3O3S. The van der Waals surface area contributed by atoms with Crippen LogP contribution in [0.15, 0.2) is 36.5 Å². The molecule has 3 fully saturated rings. The molecule has 5 rings (SSSR count). The van der Waals surface area contributed by atoms with Gasteiger partial charge >= 0.3 is 0 Å². The molecule has 2 atom stereocenters. The summed E-state index contributed by atoms with van der Waals surface area (Å²) < 4.78 is 28.7. The number of aryl methyl sites for hydroxylation is 1. The number of hydrogen-bond acceptors (Lipinski definition) is 5. The van der Waals surface area contributed by atoms with E-state index < -0.39 is 15.4 Å². The maximum Gasteiger partial charge on any atom is 0.215 e. The van der Waals surface area contributed by atoms with Crippen molar-refractivity contribution in [1.29, 1.82) is 0 Å². The van der Waals surface area contributed by atoms with E-state index in [9.17, 15) is 13.2 Å². The van der Waals surface area contributed by atoms with E-state index >= 15 is 0 Å². The summed E-state index contributed by atoms with van der Waals surface area (Å²) in [6.07, 6.45) is 6.40. The van der Waals surface area contributed by atoms with E-state index in [2.05, 4.69) is 31.0 Å². The number of rotatable bonds is 6. The number of nitrogens with zero attached hydrogens (tertiary/aromatic N) is 3. The van der Waals surface area contributed by atoms with Crippen LogP contribution in [0.25, 0.3) is 0 Å². The van der Waals surface area contributed by atoms with Crippen molar-refractivity contribution >= 4 is 15.8 Å². The first-order chi connectivity index (χ1) is 16.1. The first-order valence-corrected chi connectivity index (χ1v) is 14.1. The van der Waals surface area contributed by atoms with Gasteiger partial charge in [0.1, 0.15) is 11.6 Å². The number of piperidine rings is 1. The van der Waals surface area contributed by atoms with E-state index in [0.29, 0.717) is 31.8 Å². The predicted octanol–water partition coefficient (Wildman–Crippen LogP) is 4.28. The second-order valence-corrected chi connectivity index (χ2v) is 13.1. The smallest absolute Gasteiger partial charge is 0.215 e. The Morgan fingerprint density at radius 3 is 2.41 bits per heavy atom. The zero-order chi connectivity index (χ0) is 24.1. The number of carbonyl (C=O) groups excluding carboxylic acids is 1. The van der Waals surface area contributed by atoms with Crippen molar-refractivity contribution in [2.24, 2.45) is 16.7 Å². The number of fused-ring (bicyclic) bond motifs is 2. The largest absolute Gasteiger partial charge is 0.299 e. The predicted molar refractivity (Wildman–Crippen MR) is 132 cm³/mol. The number of Topliss-reactive ketones (excluding diaryl/α,β-unsaturated/α-hetero) is 1. The van der Waals surface area contributed by atoms with Crippen molar-refractivity contribution in [3.8, 4) is 0 Å². The van der Waals surface area contributed by atoms with Crippen LogP contribution in [0.5, 0.6) is 0 Å². The van der Waals surface area contributed by atoms with Crippen LogP contribution in [0.4, 0.5) is 0 Å². The zero-order valence-electron chi connectivity index (χ0n) is 20.5. The average Bonchev–Trinajstić information content (AvgIpc) is 3.15. The molecule has 0 radical (unpaired) electrons. The summed E-state index contributed by atoms with van der Waals surface area (Å²) in [6, 6.07) is 10.3. The zero-order valence-corrected chi connectivity index (χ0v) is 21.3. The van der Waals surface area contributed by atoms with Crippen LogP contribution in [0.3, 0.4) is 0 Å². The first kappa shape index (κ1) is 23.6. The lowest BCUT2D eigenvalue weighted by atomic mass is 9.70. The van der Waals surface area contributed by atoms with Gasteiger partial charge in [-0.25, -0.2) is 22.7 Å². The molecule has 182 valence electrons. The van der Waals surface area contributed by atoms with Crippen molar-refractivity contribution in [3.05, 3.63) is 59.2 Å². The summed E-state index contributed by atoms with van der Waals surface area (Å²) in [5, 5.41) is 0. The molecular weight excluding hydrogens is 446 g/mol. The lowest BCUT2D eigenvalue weighted by Crippen LogP contribution is -2.48. The van der Waals surface area contributed by atoms with Gasteiger partial charge in [-0.2, -0.15) is 0 Å². The van der Waals surface area contributed by atoms with Crippen LogP contribution in [-0.4, -0.2) is 47.3 Å². The third kappa shape index (κ3) is 3.91. The number of benzene rings is 1. The van der Waals surface area contributed by atoms with Crippen LogP contribution in [-0.2, 0) is 21.2 Å². The Morgan fingerprint density at radius 1 is 1.09 bits per heavy atom. The fraction of sp³-hybridized carbons (Fsp3) is 0.593. The number of sulfonamides is 1. The third-order valence-corrected chi connectivity index (χ3v) is 11.1. The molecule has 1 aromatic heterocycles. The van der Waals surface area contributed by atoms with E-state index in [1.807, 2.05) is 31.3 Å². The van der Waals surface area contributed by atoms with Gasteiger partial charge in [-0.3, -0.25) is 4.79 Å². The molecule has 2 aromatic rings. The maximum absolute atomic E-state index is 13.5. The Morgan fingerprint density at radius 2 is 1.79 bits per heavy atom. The van der Waals surface area contributed by atoms with Crippen molar-refractivity contribution < 1.29 is 13.2 Å². The molecule has 1 saturated heterocycles. The number of aromatic nitrogens is 2. The number of ketones is 1. The molecule has 2 aliphatic carbocycles. The van der Waals surface area contributed by atoms with Crippen molar-refractivity contribution in [3.63, 3.8) is 0 Å². The molecule has 2 bridgehead atoms. The van der Waals surface area contributed by atoms with Crippen molar-refractivity contribution in [1.82, 2.24) is 14.3 Å². The second-order valence-electron chi connectivity index (χ2n) is 11.1. The van der Waals surface area contributed by atoms with Gasteiger partial charge in [0, 0.05) is 43.5 Å². The van der Waals surface area contributed by atoms with E-state index in [1.165, 1.54) is 5.56 Å². The summed E-state index contributed by atoms with van der Waals surface area (Å²) >= 11 is 0. The molecule has 1 aliphatic heterocycles. The molecule has 1 aromatic carbocycles. The Hall–Kier alpha value is -2.12. The highest BCUT2D eigenvalue weighted by atomic mass is 32.2. The maximum atomic E-state index is 13.5. The Balaban J connectivity index is 1.31. The van der Waals surface area contributed by atoms with Crippen LogP contribution in [0.1, 0.15) is 74.5 Å². The topological polar surface area (TPSA) is 80.2 Å². The van der Waals surface area contributed by atoms with Crippen LogP contribution in [0.2, 0.25) is 0 Å². The summed E-state index contributed by atoms with van der Waals surface area (Å²) in [6.45, 7) is 7.07. The van der Waals surface area contributed by atoms with E-state index in [0.717, 1.165) is 42.8 Å². The average molecular weight is 482 g/mol. The van der Waals surface area contributed by atoms with Gasteiger partial charge in [0.05, 0.1) is 11.4 Å². The van der Waals surface area contributed by atoms with Crippen molar-refractivity contribution in [2.75, 3.05) is 18.8 Å². The summed E-state index contributed by atoms with van der Waals surface area (Å²) in [5.74, 6) is 1.42. The van der Waals surface area contributed by atoms with Gasteiger partial charge in [-0.1, -0.05) is 44.2 Å². The summed E-state index contributed by atoms with van der Waals surface area (Å²) in [5.41, 5.74) is 2.44. The highest BCUT2D eigenvalue weighted by Gasteiger charge is 2.65. The van der Waals surface area contributed by atoms with Gasteiger partial charge in [0.15, 0.2) is 0 Å². The number of carbonyl (C=O) groups is 1.